The van der Waals surface area contributed by atoms with Gasteiger partial charge in [0.25, 0.3) is 0 Å². The van der Waals surface area contributed by atoms with Crippen LogP contribution in [-0.4, -0.2) is 64.2 Å². The van der Waals surface area contributed by atoms with Crippen LogP contribution in [0, 0.1) is 0 Å². The van der Waals surface area contributed by atoms with Crippen molar-refractivity contribution in [3.63, 3.8) is 0 Å². The maximum Gasteiger partial charge on any atom is 0.244 e. The molecule has 0 radical (unpaired) electrons. The van der Waals surface area contributed by atoms with Crippen molar-refractivity contribution < 1.29 is 27.5 Å². The first-order valence-corrected chi connectivity index (χ1v) is 14.3. The fourth-order valence-corrected chi connectivity index (χ4v) is 5.36. The molecule has 1 aliphatic rings. The molecule has 0 unspecified atom stereocenters. The van der Waals surface area contributed by atoms with Crippen molar-refractivity contribution in [2.75, 3.05) is 31.3 Å². The highest BCUT2D eigenvalue weighted by Gasteiger charge is 2.32. The number of nitrogens with zero attached hydrogens (tertiary/aromatic N) is 2. The van der Waals surface area contributed by atoms with E-state index in [0.29, 0.717) is 5.75 Å². The van der Waals surface area contributed by atoms with Gasteiger partial charge >= 0.3 is 0 Å². The number of amides is 2. The van der Waals surface area contributed by atoms with E-state index >= 15 is 0 Å². The molecule has 202 valence electrons. The molecule has 0 aliphatic heterocycles. The van der Waals surface area contributed by atoms with Gasteiger partial charge < -0.3 is 19.7 Å². The standard InChI is InChI=1S/C27H37N3O6S/c1-20(27(32)28-22-13-9-6-10-14-22)29(18-21-11-7-5-8-12-21)26(31)19-30(37(4,33)34)24-17-23(35-2)15-16-25(24)36-3/h5,7-8,11-12,15-17,20,22H,6,9-10,13-14,18-19H2,1-4H3,(H,28,32)/t20-/m0/s1. The number of hydrogen-bond donors (Lipinski definition) is 1. The van der Waals surface area contributed by atoms with Gasteiger partial charge in [-0.05, 0) is 37.5 Å². The first kappa shape index (κ1) is 28.3. The molecular formula is C27H37N3O6S. The highest BCUT2D eigenvalue weighted by molar-refractivity contribution is 7.92. The number of rotatable bonds is 11. The molecule has 2 amide bonds. The van der Waals surface area contributed by atoms with Crippen LogP contribution in [0.5, 0.6) is 11.5 Å². The van der Waals surface area contributed by atoms with Gasteiger partial charge in [0.15, 0.2) is 0 Å². The Morgan fingerprint density at radius 3 is 2.30 bits per heavy atom. The molecule has 0 heterocycles. The van der Waals surface area contributed by atoms with Gasteiger partial charge in [-0.1, -0.05) is 49.6 Å². The Kier molecular flexibility index (Phi) is 9.79. The van der Waals surface area contributed by atoms with E-state index in [1.807, 2.05) is 30.3 Å². The molecule has 2 aromatic rings. The summed E-state index contributed by atoms with van der Waals surface area (Å²) in [6, 6.07) is 13.3. The molecule has 1 aliphatic carbocycles. The maximum absolute atomic E-state index is 13.7. The SMILES string of the molecule is COc1ccc(OC)c(N(CC(=O)N(Cc2ccccc2)[C@@H](C)C(=O)NC2CCCCC2)S(C)(=O)=O)c1. The Hall–Kier alpha value is -3.27. The van der Waals surface area contributed by atoms with E-state index in [4.69, 9.17) is 9.47 Å². The zero-order valence-corrected chi connectivity index (χ0v) is 22.8. The predicted molar refractivity (Wildman–Crippen MR) is 143 cm³/mol. The van der Waals surface area contributed by atoms with E-state index in [1.165, 1.54) is 25.2 Å². The Morgan fingerprint density at radius 2 is 1.70 bits per heavy atom. The van der Waals surface area contributed by atoms with Gasteiger partial charge in [-0.25, -0.2) is 8.42 Å². The summed E-state index contributed by atoms with van der Waals surface area (Å²) in [6.07, 6.45) is 6.16. The lowest BCUT2D eigenvalue weighted by molar-refractivity contribution is -0.139. The average Bonchev–Trinajstić information content (AvgIpc) is 2.90. The number of methoxy groups -OCH3 is 2. The fourth-order valence-electron chi connectivity index (χ4n) is 4.52. The Bertz CT molecular complexity index is 1170. The summed E-state index contributed by atoms with van der Waals surface area (Å²) in [5.74, 6) is -0.0681. The minimum Gasteiger partial charge on any atom is -0.497 e. The molecule has 9 nitrogen and oxygen atoms in total. The minimum atomic E-state index is -3.90. The van der Waals surface area contributed by atoms with E-state index in [0.717, 1.165) is 48.2 Å². The second-order valence-corrected chi connectivity index (χ2v) is 11.2. The van der Waals surface area contributed by atoms with Crippen LogP contribution in [0.1, 0.15) is 44.6 Å². The van der Waals surface area contributed by atoms with Crippen LogP contribution < -0.4 is 19.1 Å². The number of carbonyl (C=O) groups excluding carboxylic acids is 2. The lowest BCUT2D eigenvalue weighted by Gasteiger charge is -2.33. The van der Waals surface area contributed by atoms with Crippen molar-refractivity contribution in [3.05, 3.63) is 54.1 Å². The molecule has 1 fully saturated rings. The van der Waals surface area contributed by atoms with Crippen molar-refractivity contribution in [1.82, 2.24) is 10.2 Å². The molecule has 10 heteroatoms. The van der Waals surface area contributed by atoms with Crippen molar-refractivity contribution in [1.29, 1.82) is 0 Å². The van der Waals surface area contributed by atoms with E-state index in [1.54, 1.807) is 19.1 Å². The van der Waals surface area contributed by atoms with Crippen molar-refractivity contribution >= 4 is 27.5 Å². The minimum absolute atomic E-state index is 0.0888. The van der Waals surface area contributed by atoms with Crippen LogP contribution in [-0.2, 0) is 26.2 Å². The highest BCUT2D eigenvalue weighted by atomic mass is 32.2. The summed E-state index contributed by atoms with van der Waals surface area (Å²) in [4.78, 5) is 28.4. The second kappa shape index (κ2) is 12.8. The number of nitrogens with one attached hydrogen (secondary N) is 1. The lowest BCUT2D eigenvalue weighted by atomic mass is 9.95. The van der Waals surface area contributed by atoms with Gasteiger partial charge in [0.1, 0.15) is 24.1 Å². The van der Waals surface area contributed by atoms with E-state index in [9.17, 15) is 18.0 Å². The topological polar surface area (TPSA) is 105 Å². The van der Waals surface area contributed by atoms with Gasteiger partial charge in [0.05, 0.1) is 26.2 Å². The van der Waals surface area contributed by atoms with Crippen molar-refractivity contribution in [2.45, 2.75) is 57.7 Å². The van der Waals surface area contributed by atoms with Gasteiger partial charge in [-0.3, -0.25) is 13.9 Å². The number of hydrogen-bond acceptors (Lipinski definition) is 6. The monoisotopic (exact) mass is 531 g/mol. The Balaban J connectivity index is 1.91. The third kappa shape index (κ3) is 7.61. The third-order valence-electron chi connectivity index (χ3n) is 6.65. The average molecular weight is 532 g/mol. The summed E-state index contributed by atoms with van der Waals surface area (Å²) in [7, 11) is -1.00. The zero-order chi connectivity index (χ0) is 27.0. The molecule has 0 spiro atoms. The first-order valence-electron chi connectivity index (χ1n) is 12.5. The van der Waals surface area contributed by atoms with Gasteiger partial charge in [0.2, 0.25) is 21.8 Å². The number of benzene rings is 2. The van der Waals surface area contributed by atoms with Gasteiger partial charge in [-0.2, -0.15) is 0 Å². The summed E-state index contributed by atoms with van der Waals surface area (Å²) in [5.41, 5.74) is 1.01. The van der Waals surface area contributed by atoms with Crippen LogP contribution in [0.4, 0.5) is 5.69 Å². The fraction of sp³-hybridized carbons (Fsp3) is 0.481. The summed E-state index contributed by atoms with van der Waals surface area (Å²) < 4.78 is 37.4. The molecule has 0 bridgehead atoms. The maximum atomic E-state index is 13.7. The van der Waals surface area contributed by atoms with Gasteiger partial charge in [-0.15, -0.1) is 0 Å². The molecule has 1 atom stereocenters. The third-order valence-corrected chi connectivity index (χ3v) is 7.77. The Labute approximate surface area is 219 Å². The van der Waals surface area contributed by atoms with Crippen molar-refractivity contribution in [3.8, 4) is 11.5 Å². The van der Waals surface area contributed by atoms with E-state index in [2.05, 4.69) is 5.32 Å². The second-order valence-electron chi connectivity index (χ2n) is 9.33. The van der Waals surface area contributed by atoms with Crippen LogP contribution in [0.2, 0.25) is 0 Å². The van der Waals surface area contributed by atoms with E-state index < -0.39 is 28.5 Å². The van der Waals surface area contributed by atoms with Crippen LogP contribution in [0.15, 0.2) is 48.5 Å². The van der Waals surface area contributed by atoms with Crippen molar-refractivity contribution in [2.24, 2.45) is 0 Å². The smallest absolute Gasteiger partial charge is 0.244 e. The molecule has 37 heavy (non-hydrogen) atoms. The molecule has 1 saturated carbocycles. The normalized spacial score (nSPS) is 14.9. The van der Waals surface area contributed by atoms with E-state index in [-0.39, 0.29) is 29.9 Å². The molecular weight excluding hydrogens is 494 g/mol. The summed E-state index contributed by atoms with van der Waals surface area (Å²) >= 11 is 0. The largest absolute Gasteiger partial charge is 0.497 e. The number of sulfonamides is 1. The highest BCUT2D eigenvalue weighted by Crippen LogP contribution is 2.34. The zero-order valence-electron chi connectivity index (χ0n) is 22.0. The molecule has 0 aromatic heterocycles. The molecule has 0 saturated heterocycles. The quantitative estimate of drug-likeness (QED) is 0.477. The Morgan fingerprint density at radius 1 is 1.03 bits per heavy atom. The number of ether oxygens (including phenoxy) is 2. The first-order chi connectivity index (χ1) is 17.6. The molecule has 2 aromatic carbocycles. The summed E-state index contributed by atoms with van der Waals surface area (Å²) in [5, 5.41) is 3.09. The number of anilines is 1. The lowest BCUT2D eigenvalue weighted by Crippen LogP contribution is -2.53. The van der Waals surface area contributed by atoms with Crippen LogP contribution >= 0.6 is 0 Å². The van der Waals surface area contributed by atoms with Crippen LogP contribution in [0.25, 0.3) is 0 Å². The van der Waals surface area contributed by atoms with Crippen LogP contribution in [0.3, 0.4) is 0 Å². The molecule has 1 N–H and O–H groups in total. The number of carbonyl (C=O) groups is 2. The van der Waals surface area contributed by atoms with Gasteiger partial charge in [0, 0.05) is 18.7 Å². The molecule has 3 rings (SSSR count). The predicted octanol–water partition coefficient (Wildman–Crippen LogP) is 3.34. The summed E-state index contributed by atoms with van der Waals surface area (Å²) in [6.45, 7) is 1.33.